The summed E-state index contributed by atoms with van der Waals surface area (Å²) < 4.78 is 0. The van der Waals surface area contributed by atoms with Gasteiger partial charge in [0.25, 0.3) is 0 Å². The fourth-order valence-electron chi connectivity index (χ4n) is 1.74. The van der Waals surface area contributed by atoms with Gasteiger partial charge in [-0.25, -0.2) is 0 Å². The quantitative estimate of drug-likeness (QED) is 0.877. The fraction of sp³-hybridized carbons (Fsp3) is 0.500. The summed E-state index contributed by atoms with van der Waals surface area (Å²) in [5.74, 6) is 0.148. The van der Waals surface area contributed by atoms with Gasteiger partial charge in [0.1, 0.15) is 0 Å². The van der Waals surface area contributed by atoms with Gasteiger partial charge in [0.05, 0.1) is 0 Å². The summed E-state index contributed by atoms with van der Waals surface area (Å²) in [7, 11) is 0. The summed E-state index contributed by atoms with van der Waals surface area (Å²) in [6.45, 7) is 5.20. The number of rotatable bonds is 6. The molecular weight excluding hydrogens is 283 g/mol. The lowest BCUT2D eigenvalue weighted by atomic mass is 10.1. The number of halogens is 2. The molecule has 0 radical (unpaired) electrons. The molecule has 3 nitrogen and oxygen atoms in total. The van der Waals surface area contributed by atoms with Crippen LogP contribution in [-0.4, -0.2) is 23.4 Å². The molecule has 1 unspecified atom stereocenters. The highest BCUT2D eigenvalue weighted by Gasteiger charge is 2.12. The van der Waals surface area contributed by atoms with Crippen molar-refractivity contribution in [2.45, 2.75) is 39.3 Å². The van der Waals surface area contributed by atoms with Gasteiger partial charge in [0.2, 0.25) is 5.91 Å². The molecule has 0 aliphatic carbocycles. The van der Waals surface area contributed by atoms with Crippen molar-refractivity contribution in [1.29, 1.82) is 0 Å². The molecule has 0 fully saturated rings. The molecule has 1 amide bonds. The van der Waals surface area contributed by atoms with Crippen molar-refractivity contribution < 1.29 is 4.79 Å². The zero-order valence-corrected chi connectivity index (χ0v) is 13.0. The van der Waals surface area contributed by atoms with Crippen molar-refractivity contribution in [3.63, 3.8) is 0 Å². The van der Waals surface area contributed by atoms with Crippen molar-refractivity contribution >= 4 is 29.9 Å². The maximum absolute atomic E-state index is 12.0. The summed E-state index contributed by atoms with van der Waals surface area (Å²) in [5.41, 5.74) is 6.72. The minimum Gasteiger partial charge on any atom is -0.339 e. The molecule has 1 rings (SSSR count). The summed E-state index contributed by atoms with van der Waals surface area (Å²) >= 11 is 5.93. The Morgan fingerprint density at radius 1 is 1.47 bits per heavy atom. The fourth-order valence-corrected chi connectivity index (χ4v) is 1.95. The van der Waals surface area contributed by atoms with Crippen LogP contribution >= 0.6 is 24.0 Å². The smallest absolute Gasteiger partial charge is 0.222 e. The van der Waals surface area contributed by atoms with Gasteiger partial charge < -0.3 is 10.6 Å². The van der Waals surface area contributed by atoms with Crippen LogP contribution in [0.4, 0.5) is 0 Å². The molecule has 0 aliphatic heterocycles. The van der Waals surface area contributed by atoms with Gasteiger partial charge in [-0.2, -0.15) is 0 Å². The Balaban J connectivity index is 0.00000324. The zero-order valence-electron chi connectivity index (χ0n) is 11.4. The number of hydrogen-bond donors (Lipinski definition) is 1. The minimum atomic E-state index is 0. The number of carbonyl (C=O) groups excluding carboxylic acids is 1. The van der Waals surface area contributed by atoms with Gasteiger partial charge in [-0.05, 0) is 38.0 Å². The van der Waals surface area contributed by atoms with Gasteiger partial charge in [-0.15, -0.1) is 12.4 Å². The van der Waals surface area contributed by atoms with Crippen LogP contribution in [0.25, 0.3) is 0 Å². The van der Waals surface area contributed by atoms with E-state index in [4.69, 9.17) is 17.3 Å². The highest BCUT2D eigenvalue weighted by Crippen LogP contribution is 2.13. The molecule has 0 saturated heterocycles. The summed E-state index contributed by atoms with van der Waals surface area (Å²) in [5, 5.41) is 0.701. The lowest BCUT2D eigenvalue weighted by Gasteiger charge is -2.21. The zero-order chi connectivity index (χ0) is 13.5. The Morgan fingerprint density at radius 3 is 2.68 bits per heavy atom. The first-order chi connectivity index (χ1) is 8.52. The molecule has 0 heterocycles. The lowest BCUT2D eigenvalue weighted by molar-refractivity contribution is -0.131. The molecule has 2 N–H and O–H groups in total. The summed E-state index contributed by atoms with van der Waals surface area (Å²) in [6, 6.07) is 7.67. The highest BCUT2D eigenvalue weighted by atomic mass is 35.5. The molecule has 0 aliphatic rings. The predicted octanol–water partition coefficient (Wildman–Crippen LogP) is 3.24. The van der Waals surface area contributed by atoms with Crippen LogP contribution in [0.1, 0.15) is 32.3 Å². The Labute approximate surface area is 126 Å². The normalized spacial score (nSPS) is 11.6. The molecule has 0 aromatic heterocycles. The van der Waals surface area contributed by atoms with Crippen molar-refractivity contribution in [3.8, 4) is 0 Å². The van der Waals surface area contributed by atoms with Gasteiger partial charge >= 0.3 is 0 Å². The highest BCUT2D eigenvalue weighted by molar-refractivity contribution is 6.30. The number of benzene rings is 1. The number of nitrogens with zero attached hydrogens (tertiary/aromatic N) is 1. The van der Waals surface area contributed by atoms with Crippen LogP contribution < -0.4 is 5.73 Å². The van der Waals surface area contributed by atoms with E-state index in [-0.39, 0.29) is 24.4 Å². The molecule has 0 bridgehead atoms. The van der Waals surface area contributed by atoms with Crippen LogP contribution in [0, 0.1) is 0 Å². The predicted molar refractivity (Wildman–Crippen MR) is 82.7 cm³/mol. The third kappa shape index (κ3) is 6.81. The number of amides is 1. The van der Waals surface area contributed by atoms with E-state index in [1.165, 1.54) is 0 Å². The van der Waals surface area contributed by atoms with E-state index >= 15 is 0 Å². The second-order valence-corrected chi connectivity index (χ2v) is 4.99. The van der Waals surface area contributed by atoms with Crippen LogP contribution in [0.2, 0.25) is 5.02 Å². The van der Waals surface area contributed by atoms with Crippen LogP contribution in [0.3, 0.4) is 0 Å². The maximum atomic E-state index is 12.0. The SMILES string of the molecule is CCN(Cc1cccc(Cl)c1)C(=O)CCC(C)N.Cl. The van der Waals surface area contributed by atoms with Crippen LogP contribution in [-0.2, 0) is 11.3 Å². The van der Waals surface area contributed by atoms with Crippen LogP contribution in [0.15, 0.2) is 24.3 Å². The molecule has 19 heavy (non-hydrogen) atoms. The van der Waals surface area contributed by atoms with Gasteiger partial charge in [-0.3, -0.25) is 4.79 Å². The number of carbonyl (C=O) groups is 1. The van der Waals surface area contributed by atoms with E-state index in [0.29, 0.717) is 24.5 Å². The standard InChI is InChI=1S/C14H21ClN2O.ClH/c1-3-17(14(18)8-7-11(2)16)10-12-5-4-6-13(15)9-12;/h4-6,9,11H,3,7-8,10,16H2,1-2H3;1H. The number of nitrogens with two attached hydrogens (primary N) is 1. The molecule has 1 atom stereocenters. The van der Waals surface area contributed by atoms with Crippen molar-refractivity contribution in [2.75, 3.05) is 6.54 Å². The molecule has 5 heteroatoms. The van der Waals surface area contributed by atoms with Gasteiger partial charge in [-0.1, -0.05) is 23.7 Å². The third-order valence-electron chi connectivity index (χ3n) is 2.81. The monoisotopic (exact) mass is 304 g/mol. The van der Waals surface area contributed by atoms with Gasteiger partial charge in [0.15, 0.2) is 0 Å². The van der Waals surface area contributed by atoms with E-state index in [1.54, 1.807) is 0 Å². The Bertz CT molecular complexity index is 397. The Morgan fingerprint density at radius 2 is 2.16 bits per heavy atom. The van der Waals surface area contributed by atoms with E-state index in [1.807, 2.05) is 43.0 Å². The largest absolute Gasteiger partial charge is 0.339 e. The summed E-state index contributed by atoms with van der Waals surface area (Å²) in [4.78, 5) is 13.8. The molecule has 1 aromatic carbocycles. The molecule has 0 spiro atoms. The second-order valence-electron chi connectivity index (χ2n) is 4.55. The van der Waals surface area contributed by atoms with E-state index in [9.17, 15) is 4.79 Å². The Hall–Kier alpha value is -0.770. The minimum absolute atomic E-state index is 0. The van der Waals surface area contributed by atoms with E-state index in [0.717, 1.165) is 12.0 Å². The molecule has 0 saturated carbocycles. The number of hydrogen-bond acceptors (Lipinski definition) is 2. The van der Waals surface area contributed by atoms with Gasteiger partial charge in [0, 0.05) is 30.6 Å². The van der Waals surface area contributed by atoms with E-state index in [2.05, 4.69) is 0 Å². The first-order valence-corrected chi connectivity index (χ1v) is 6.68. The molecule has 1 aromatic rings. The third-order valence-corrected chi connectivity index (χ3v) is 3.05. The van der Waals surface area contributed by atoms with Crippen molar-refractivity contribution in [3.05, 3.63) is 34.9 Å². The topological polar surface area (TPSA) is 46.3 Å². The van der Waals surface area contributed by atoms with E-state index < -0.39 is 0 Å². The average Bonchev–Trinajstić information content (AvgIpc) is 2.33. The maximum Gasteiger partial charge on any atom is 0.222 e. The Kier molecular flexibility index (Phi) is 8.81. The average molecular weight is 305 g/mol. The lowest BCUT2D eigenvalue weighted by Crippen LogP contribution is -2.31. The first-order valence-electron chi connectivity index (χ1n) is 6.30. The molecular formula is C14H22Cl2N2O. The van der Waals surface area contributed by atoms with Crippen molar-refractivity contribution in [1.82, 2.24) is 4.90 Å². The summed E-state index contributed by atoms with van der Waals surface area (Å²) in [6.07, 6.45) is 1.23. The van der Waals surface area contributed by atoms with Crippen molar-refractivity contribution in [2.24, 2.45) is 5.73 Å². The molecule has 108 valence electrons. The second kappa shape index (κ2) is 9.18. The van der Waals surface area contributed by atoms with Crippen LogP contribution in [0.5, 0.6) is 0 Å². The first kappa shape index (κ1) is 18.2.